The first-order chi connectivity index (χ1) is 8.36. The highest BCUT2D eigenvalue weighted by Gasteiger charge is 2.22. The molecular weight excluding hydrogens is 210 g/mol. The van der Waals surface area contributed by atoms with Crippen molar-refractivity contribution in [3.63, 3.8) is 0 Å². The van der Waals surface area contributed by atoms with Gasteiger partial charge in [-0.3, -0.25) is 0 Å². The van der Waals surface area contributed by atoms with E-state index in [9.17, 15) is 0 Å². The van der Waals surface area contributed by atoms with Gasteiger partial charge in [0.2, 0.25) is 0 Å². The maximum absolute atomic E-state index is 5.64. The van der Waals surface area contributed by atoms with Crippen molar-refractivity contribution in [3.8, 4) is 5.75 Å². The van der Waals surface area contributed by atoms with Gasteiger partial charge in [-0.25, -0.2) is 0 Å². The second kappa shape index (κ2) is 4.53. The molecule has 0 saturated heterocycles. The van der Waals surface area contributed by atoms with Crippen LogP contribution in [0.15, 0.2) is 24.8 Å². The predicted octanol–water partition coefficient (Wildman–Crippen LogP) is 2.25. The molecule has 90 valence electrons. The zero-order valence-electron chi connectivity index (χ0n) is 10.2. The summed E-state index contributed by atoms with van der Waals surface area (Å²) in [4.78, 5) is 0. The molecule has 2 aliphatic rings. The molecule has 2 heteroatoms. The molecule has 1 aliphatic heterocycles. The maximum atomic E-state index is 5.64. The van der Waals surface area contributed by atoms with Crippen LogP contribution in [0.5, 0.6) is 5.75 Å². The Bertz CT molecular complexity index is 439. The summed E-state index contributed by atoms with van der Waals surface area (Å²) in [5, 5.41) is 3.52. The first-order valence-corrected chi connectivity index (χ1v) is 6.48. The Morgan fingerprint density at radius 3 is 3.12 bits per heavy atom. The van der Waals surface area contributed by atoms with Crippen LogP contribution in [-0.4, -0.2) is 19.2 Å². The Kier molecular flexibility index (Phi) is 2.89. The van der Waals surface area contributed by atoms with Gasteiger partial charge in [0.25, 0.3) is 0 Å². The normalized spacial score (nSPS) is 21.5. The Morgan fingerprint density at radius 1 is 1.29 bits per heavy atom. The third-order valence-corrected chi connectivity index (χ3v) is 3.79. The van der Waals surface area contributed by atoms with Crippen molar-refractivity contribution in [2.45, 2.75) is 31.7 Å². The monoisotopic (exact) mass is 229 g/mol. The molecule has 1 atom stereocenters. The van der Waals surface area contributed by atoms with Crippen LogP contribution in [-0.2, 0) is 19.3 Å². The molecule has 1 aliphatic carbocycles. The summed E-state index contributed by atoms with van der Waals surface area (Å²) >= 11 is 0. The molecule has 2 nitrogen and oxygen atoms in total. The highest BCUT2D eigenvalue weighted by molar-refractivity contribution is 5.46. The fourth-order valence-electron chi connectivity index (χ4n) is 2.86. The van der Waals surface area contributed by atoms with Crippen LogP contribution in [0, 0.1) is 0 Å². The lowest BCUT2D eigenvalue weighted by Crippen LogP contribution is -2.34. The Morgan fingerprint density at radius 2 is 2.24 bits per heavy atom. The van der Waals surface area contributed by atoms with E-state index in [-0.39, 0.29) is 0 Å². The highest BCUT2D eigenvalue weighted by Crippen LogP contribution is 2.32. The first-order valence-electron chi connectivity index (χ1n) is 6.48. The average Bonchev–Trinajstić information content (AvgIpc) is 2.80. The van der Waals surface area contributed by atoms with E-state index in [1.165, 1.54) is 29.5 Å². The van der Waals surface area contributed by atoms with Gasteiger partial charge in [-0.1, -0.05) is 12.1 Å². The van der Waals surface area contributed by atoms with E-state index in [4.69, 9.17) is 4.74 Å². The van der Waals surface area contributed by atoms with E-state index in [2.05, 4.69) is 24.0 Å². The van der Waals surface area contributed by atoms with Crippen molar-refractivity contribution in [2.75, 3.05) is 13.2 Å². The van der Waals surface area contributed by atoms with Crippen LogP contribution in [0.1, 0.15) is 23.1 Å². The molecular formula is C15H19NO. The van der Waals surface area contributed by atoms with E-state index < -0.39 is 0 Å². The average molecular weight is 229 g/mol. The first kappa shape index (κ1) is 10.8. The molecule has 0 fully saturated rings. The molecule has 0 bridgehead atoms. The number of hydrogen-bond acceptors (Lipinski definition) is 2. The molecule has 0 aromatic heterocycles. The molecule has 17 heavy (non-hydrogen) atoms. The van der Waals surface area contributed by atoms with Gasteiger partial charge in [0, 0.05) is 19.0 Å². The van der Waals surface area contributed by atoms with Gasteiger partial charge < -0.3 is 10.1 Å². The second-order valence-electron chi connectivity index (χ2n) is 4.96. The van der Waals surface area contributed by atoms with Crippen LogP contribution in [0.2, 0.25) is 0 Å². The van der Waals surface area contributed by atoms with Gasteiger partial charge in [0.15, 0.2) is 0 Å². The fourth-order valence-corrected chi connectivity index (χ4v) is 2.86. The smallest absolute Gasteiger partial charge is 0.122 e. The number of aryl methyl sites for hydroxylation is 1. The minimum absolute atomic E-state index is 0.597. The lowest BCUT2D eigenvalue weighted by atomic mass is 9.86. The highest BCUT2D eigenvalue weighted by atomic mass is 16.5. The summed E-state index contributed by atoms with van der Waals surface area (Å²) in [6.45, 7) is 5.52. The summed E-state index contributed by atoms with van der Waals surface area (Å²) < 4.78 is 5.64. The van der Waals surface area contributed by atoms with Crippen LogP contribution < -0.4 is 10.1 Å². The molecule has 3 rings (SSSR count). The second-order valence-corrected chi connectivity index (χ2v) is 4.96. The van der Waals surface area contributed by atoms with Crippen LogP contribution in [0.4, 0.5) is 0 Å². The number of benzene rings is 1. The molecule has 1 aromatic rings. The van der Waals surface area contributed by atoms with Crippen molar-refractivity contribution in [1.82, 2.24) is 5.32 Å². The van der Waals surface area contributed by atoms with Crippen LogP contribution in [0.25, 0.3) is 0 Å². The van der Waals surface area contributed by atoms with E-state index in [0.717, 1.165) is 31.7 Å². The van der Waals surface area contributed by atoms with Gasteiger partial charge in [-0.15, -0.1) is 6.58 Å². The lowest BCUT2D eigenvalue weighted by molar-refractivity contribution is 0.356. The predicted molar refractivity (Wildman–Crippen MR) is 69.7 cm³/mol. The molecule has 1 N–H and O–H groups in total. The SMILES string of the molecule is C=CCNC1CCc2cc3c(cc2C1)OCC3. The number of nitrogens with one attached hydrogen (secondary N) is 1. The zero-order chi connectivity index (χ0) is 11.7. The van der Waals surface area contributed by atoms with Gasteiger partial charge in [-0.2, -0.15) is 0 Å². The molecule has 0 radical (unpaired) electrons. The molecule has 0 saturated carbocycles. The van der Waals surface area contributed by atoms with E-state index in [0.29, 0.717) is 6.04 Å². The van der Waals surface area contributed by atoms with E-state index in [1.54, 1.807) is 0 Å². The number of rotatable bonds is 3. The van der Waals surface area contributed by atoms with Crippen molar-refractivity contribution in [3.05, 3.63) is 41.5 Å². The van der Waals surface area contributed by atoms with E-state index in [1.807, 2.05) is 6.08 Å². The molecule has 1 heterocycles. The fraction of sp³-hybridized carbons (Fsp3) is 0.467. The molecule has 1 unspecified atom stereocenters. The minimum Gasteiger partial charge on any atom is -0.493 e. The maximum Gasteiger partial charge on any atom is 0.122 e. The Balaban J connectivity index is 1.80. The summed E-state index contributed by atoms with van der Waals surface area (Å²) in [6, 6.07) is 5.22. The van der Waals surface area contributed by atoms with Crippen molar-refractivity contribution in [2.24, 2.45) is 0 Å². The van der Waals surface area contributed by atoms with E-state index >= 15 is 0 Å². The van der Waals surface area contributed by atoms with Crippen LogP contribution >= 0.6 is 0 Å². The van der Waals surface area contributed by atoms with Gasteiger partial charge in [0.1, 0.15) is 5.75 Å². The third-order valence-electron chi connectivity index (χ3n) is 3.79. The van der Waals surface area contributed by atoms with Gasteiger partial charge >= 0.3 is 0 Å². The minimum atomic E-state index is 0.597. The zero-order valence-corrected chi connectivity index (χ0v) is 10.2. The molecule has 0 spiro atoms. The Hall–Kier alpha value is -1.28. The van der Waals surface area contributed by atoms with Crippen LogP contribution in [0.3, 0.4) is 0 Å². The number of fused-ring (bicyclic) bond motifs is 2. The standard InChI is InChI=1S/C15H19NO/c1-2-6-16-14-4-3-11-8-12-5-7-17-15(12)10-13(11)9-14/h2,8,10,14,16H,1,3-7,9H2. The lowest BCUT2D eigenvalue weighted by Gasteiger charge is -2.25. The summed E-state index contributed by atoms with van der Waals surface area (Å²) in [5.41, 5.74) is 4.41. The third kappa shape index (κ3) is 2.09. The van der Waals surface area contributed by atoms with Gasteiger partial charge in [-0.05, 0) is 42.0 Å². The largest absolute Gasteiger partial charge is 0.493 e. The summed E-state index contributed by atoms with van der Waals surface area (Å²) in [6.07, 6.45) is 6.57. The van der Waals surface area contributed by atoms with Crippen molar-refractivity contribution >= 4 is 0 Å². The number of hydrogen-bond donors (Lipinski definition) is 1. The van der Waals surface area contributed by atoms with Gasteiger partial charge in [0.05, 0.1) is 6.61 Å². The number of ether oxygens (including phenoxy) is 1. The topological polar surface area (TPSA) is 21.3 Å². The molecule has 0 amide bonds. The summed E-state index contributed by atoms with van der Waals surface area (Å²) in [5.74, 6) is 1.12. The van der Waals surface area contributed by atoms with Crippen molar-refractivity contribution < 1.29 is 4.74 Å². The molecule has 1 aromatic carbocycles. The Labute approximate surface area is 103 Å². The summed E-state index contributed by atoms with van der Waals surface area (Å²) in [7, 11) is 0. The van der Waals surface area contributed by atoms with Crippen molar-refractivity contribution in [1.29, 1.82) is 0 Å². The quantitative estimate of drug-likeness (QED) is 0.803.